The molecular formula is C25H19NO2S2. The maximum atomic E-state index is 12.4. The van der Waals surface area contributed by atoms with Gasteiger partial charge in [0.1, 0.15) is 0 Å². The molecule has 0 fully saturated rings. The van der Waals surface area contributed by atoms with Crippen LogP contribution >= 0.6 is 23.5 Å². The molecule has 1 aromatic heterocycles. The third kappa shape index (κ3) is 4.75. The summed E-state index contributed by atoms with van der Waals surface area (Å²) < 4.78 is 5.02. The zero-order valence-electron chi connectivity index (χ0n) is 16.3. The molecule has 0 N–H and O–H groups in total. The van der Waals surface area contributed by atoms with Crippen molar-refractivity contribution in [2.24, 2.45) is 0 Å². The van der Waals surface area contributed by atoms with Gasteiger partial charge in [0.15, 0.2) is 0 Å². The smallest absolute Gasteiger partial charge is 0.337 e. The Balaban J connectivity index is 1.91. The number of methoxy groups -OCH3 is 1. The SMILES string of the molecule is COC(=O)c1cc(Sc2ccccc2)c(-c2ccccn2)c(Sc2ccccc2)c1. The Morgan fingerprint density at radius 3 is 1.77 bits per heavy atom. The second kappa shape index (κ2) is 9.65. The van der Waals surface area contributed by atoms with Crippen LogP contribution in [-0.2, 0) is 4.74 Å². The van der Waals surface area contributed by atoms with Gasteiger partial charge in [-0.3, -0.25) is 4.98 Å². The molecule has 30 heavy (non-hydrogen) atoms. The first kappa shape index (κ1) is 20.3. The first-order chi connectivity index (χ1) is 14.7. The van der Waals surface area contributed by atoms with Crippen molar-refractivity contribution in [3.8, 4) is 11.3 Å². The number of esters is 1. The molecule has 3 nitrogen and oxygen atoms in total. The fourth-order valence-corrected chi connectivity index (χ4v) is 5.14. The van der Waals surface area contributed by atoms with Crippen molar-refractivity contribution in [3.63, 3.8) is 0 Å². The minimum Gasteiger partial charge on any atom is -0.465 e. The Labute approximate surface area is 184 Å². The lowest BCUT2D eigenvalue weighted by atomic mass is 10.1. The zero-order chi connectivity index (χ0) is 20.8. The number of aromatic nitrogens is 1. The maximum absolute atomic E-state index is 12.4. The second-order valence-electron chi connectivity index (χ2n) is 6.38. The summed E-state index contributed by atoms with van der Waals surface area (Å²) in [6.45, 7) is 0. The summed E-state index contributed by atoms with van der Waals surface area (Å²) in [7, 11) is 1.41. The van der Waals surface area contributed by atoms with Crippen LogP contribution in [0, 0.1) is 0 Å². The van der Waals surface area contributed by atoms with Crippen LogP contribution in [0.25, 0.3) is 11.3 Å². The summed E-state index contributed by atoms with van der Waals surface area (Å²) >= 11 is 3.23. The van der Waals surface area contributed by atoms with E-state index in [1.807, 2.05) is 66.7 Å². The van der Waals surface area contributed by atoms with Crippen LogP contribution in [0.3, 0.4) is 0 Å². The van der Waals surface area contributed by atoms with Crippen LogP contribution in [0.2, 0.25) is 0 Å². The lowest BCUT2D eigenvalue weighted by Gasteiger charge is -2.16. The maximum Gasteiger partial charge on any atom is 0.337 e. The van der Waals surface area contributed by atoms with Gasteiger partial charge in [-0.05, 0) is 48.5 Å². The molecule has 1 heterocycles. The summed E-state index contributed by atoms with van der Waals surface area (Å²) in [6, 6.07) is 29.9. The number of ether oxygens (including phenoxy) is 1. The Bertz CT molecular complexity index is 1070. The van der Waals surface area contributed by atoms with Crippen molar-refractivity contribution in [3.05, 3.63) is 103 Å². The van der Waals surface area contributed by atoms with E-state index in [4.69, 9.17) is 4.74 Å². The Morgan fingerprint density at radius 1 is 0.767 bits per heavy atom. The Hall–Kier alpha value is -3.02. The van der Waals surface area contributed by atoms with E-state index >= 15 is 0 Å². The molecule has 0 aliphatic heterocycles. The minimum atomic E-state index is -0.354. The molecule has 148 valence electrons. The number of carbonyl (C=O) groups excluding carboxylic acids is 1. The number of hydrogen-bond donors (Lipinski definition) is 0. The van der Waals surface area contributed by atoms with Crippen LogP contribution in [-0.4, -0.2) is 18.1 Å². The van der Waals surface area contributed by atoms with E-state index in [0.717, 1.165) is 30.8 Å². The highest BCUT2D eigenvalue weighted by Crippen LogP contribution is 2.44. The van der Waals surface area contributed by atoms with E-state index in [1.54, 1.807) is 29.7 Å². The topological polar surface area (TPSA) is 39.2 Å². The van der Waals surface area contributed by atoms with E-state index in [0.29, 0.717) is 5.56 Å². The zero-order valence-corrected chi connectivity index (χ0v) is 18.0. The molecule has 0 bridgehead atoms. The van der Waals surface area contributed by atoms with Crippen LogP contribution in [0.5, 0.6) is 0 Å². The second-order valence-corrected chi connectivity index (χ2v) is 8.62. The molecule has 5 heteroatoms. The molecule has 0 aliphatic rings. The molecule has 4 rings (SSSR count). The minimum absolute atomic E-state index is 0.354. The van der Waals surface area contributed by atoms with Gasteiger partial charge in [0.25, 0.3) is 0 Å². The first-order valence-electron chi connectivity index (χ1n) is 9.38. The molecule has 3 aromatic carbocycles. The third-order valence-electron chi connectivity index (χ3n) is 4.35. The van der Waals surface area contributed by atoms with Gasteiger partial charge in [0, 0.05) is 31.3 Å². The average Bonchev–Trinajstić information content (AvgIpc) is 2.80. The van der Waals surface area contributed by atoms with Crippen molar-refractivity contribution in [1.82, 2.24) is 4.98 Å². The largest absolute Gasteiger partial charge is 0.465 e. The molecule has 0 aliphatic carbocycles. The van der Waals surface area contributed by atoms with Gasteiger partial charge in [0.2, 0.25) is 0 Å². The van der Waals surface area contributed by atoms with Gasteiger partial charge in [-0.15, -0.1) is 0 Å². The van der Waals surface area contributed by atoms with Crippen molar-refractivity contribution in [1.29, 1.82) is 0 Å². The summed E-state index contributed by atoms with van der Waals surface area (Å²) in [5.74, 6) is -0.354. The highest BCUT2D eigenvalue weighted by molar-refractivity contribution is 8.00. The predicted octanol–water partition coefficient (Wildman–Crippen LogP) is 6.84. The van der Waals surface area contributed by atoms with Crippen molar-refractivity contribution < 1.29 is 9.53 Å². The highest BCUT2D eigenvalue weighted by Gasteiger charge is 2.19. The molecule has 0 saturated carbocycles. The number of nitrogens with zero attached hydrogens (tertiary/aromatic N) is 1. The average molecular weight is 430 g/mol. The molecule has 0 amide bonds. The van der Waals surface area contributed by atoms with Gasteiger partial charge in [-0.25, -0.2) is 4.79 Å². The van der Waals surface area contributed by atoms with Crippen LogP contribution in [0.15, 0.2) is 117 Å². The Morgan fingerprint density at radius 2 is 1.30 bits per heavy atom. The van der Waals surface area contributed by atoms with Crippen molar-refractivity contribution in [2.75, 3.05) is 7.11 Å². The van der Waals surface area contributed by atoms with Gasteiger partial charge in [-0.1, -0.05) is 66.0 Å². The van der Waals surface area contributed by atoms with Gasteiger partial charge < -0.3 is 4.74 Å². The van der Waals surface area contributed by atoms with Crippen LogP contribution < -0.4 is 0 Å². The van der Waals surface area contributed by atoms with Crippen molar-refractivity contribution >= 4 is 29.5 Å². The first-order valence-corrected chi connectivity index (χ1v) is 11.0. The standard InChI is InChI=1S/C25H19NO2S2/c1-28-25(27)18-16-22(29-19-10-4-2-5-11-19)24(21-14-8-9-15-26-21)23(17-18)30-20-12-6-3-7-13-20/h2-17H,1H3. The van der Waals surface area contributed by atoms with E-state index in [2.05, 4.69) is 29.2 Å². The van der Waals surface area contributed by atoms with E-state index in [9.17, 15) is 4.79 Å². The predicted molar refractivity (Wildman–Crippen MR) is 122 cm³/mol. The van der Waals surface area contributed by atoms with Gasteiger partial charge in [-0.2, -0.15) is 0 Å². The van der Waals surface area contributed by atoms with Gasteiger partial charge in [0.05, 0.1) is 18.4 Å². The molecule has 0 radical (unpaired) electrons. The lowest BCUT2D eigenvalue weighted by molar-refractivity contribution is 0.0600. The number of benzene rings is 3. The molecule has 0 spiro atoms. The van der Waals surface area contributed by atoms with Gasteiger partial charge >= 0.3 is 5.97 Å². The Kier molecular flexibility index (Phi) is 6.52. The van der Waals surface area contributed by atoms with E-state index in [1.165, 1.54) is 7.11 Å². The fraction of sp³-hybridized carbons (Fsp3) is 0.0400. The number of pyridine rings is 1. The van der Waals surface area contributed by atoms with Crippen LogP contribution in [0.4, 0.5) is 0 Å². The third-order valence-corrected chi connectivity index (χ3v) is 6.45. The summed E-state index contributed by atoms with van der Waals surface area (Å²) in [4.78, 5) is 21.1. The lowest BCUT2D eigenvalue weighted by Crippen LogP contribution is -2.03. The van der Waals surface area contributed by atoms with Crippen LogP contribution in [0.1, 0.15) is 10.4 Å². The summed E-state index contributed by atoms with van der Waals surface area (Å²) in [5, 5.41) is 0. The number of carbonyl (C=O) groups is 1. The fourth-order valence-electron chi connectivity index (χ4n) is 2.98. The molecular weight excluding hydrogens is 410 g/mol. The summed E-state index contributed by atoms with van der Waals surface area (Å²) in [6.07, 6.45) is 1.79. The highest BCUT2D eigenvalue weighted by atomic mass is 32.2. The number of hydrogen-bond acceptors (Lipinski definition) is 5. The molecule has 4 aromatic rings. The quantitative estimate of drug-likeness (QED) is 0.314. The van der Waals surface area contributed by atoms with E-state index < -0.39 is 0 Å². The monoisotopic (exact) mass is 429 g/mol. The normalized spacial score (nSPS) is 10.6. The summed E-state index contributed by atoms with van der Waals surface area (Å²) in [5.41, 5.74) is 2.39. The van der Waals surface area contributed by atoms with Crippen molar-refractivity contribution in [2.45, 2.75) is 19.6 Å². The van der Waals surface area contributed by atoms with E-state index in [-0.39, 0.29) is 5.97 Å². The molecule has 0 unspecified atom stereocenters. The molecule has 0 saturated heterocycles. The molecule has 0 atom stereocenters. The number of rotatable bonds is 6.